The molecule has 0 radical (unpaired) electrons. The maximum absolute atomic E-state index is 13.1. The number of sulfonamides is 1. The van der Waals surface area contributed by atoms with Crippen molar-refractivity contribution in [3.8, 4) is 0 Å². The average Bonchev–Trinajstić information content (AvgIpc) is 2.35. The summed E-state index contributed by atoms with van der Waals surface area (Å²) >= 11 is 5.64. The minimum absolute atomic E-state index is 0.0529. The van der Waals surface area contributed by atoms with E-state index in [1.165, 1.54) is 24.4 Å². The first kappa shape index (κ1) is 13.6. The second-order valence-corrected chi connectivity index (χ2v) is 5.74. The smallest absolute Gasteiger partial charge is 0.265 e. The third-order valence-electron chi connectivity index (χ3n) is 2.23. The summed E-state index contributed by atoms with van der Waals surface area (Å²) in [6, 6.07) is 5.96. The van der Waals surface area contributed by atoms with Crippen LogP contribution in [0.4, 0.5) is 15.9 Å². The molecule has 3 N–H and O–H groups in total. The number of anilines is 2. The number of hydrogen-bond donors (Lipinski definition) is 2. The van der Waals surface area contributed by atoms with Crippen molar-refractivity contribution >= 4 is 33.1 Å². The number of nitrogens with zero attached hydrogens (tertiary/aromatic N) is 1. The molecule has 0 spiro atoms. The Morgan fingerprint density at radius 2 is 2.00 bits per heavy atom. The monoisotopic (exact) mass is 301 g/mol. The second-order valence-electron chi connectivity index (χ2n) is 3.65. The summed E-state index contributed by atoms with van der Waals surface area (Å²) in [6.45, 7) is 0. The quantitative estimate of drug-likeness (QED) is 0.852. The summed E-state index contributed by atoms with van der Waals surface area (Å²) in [5.74, 6) is -0.633. The molecule has 0 fully saturated rings. The zero-order valence-corrected chi connectivity index (χ0v) is 11.0. The molecule has 0 saturated heterocycles. The maximum Gasteiger partial charge on any atom is 0.265 e. The van der Waals surface area contributed by atoms with Crippen LogP contribution in [0.15, 0.2) is 41.4 Å². The highest BCUT2D eigenvalue weighted by atomic mass is 35.5. The number of nitrogens with one attached hydrogen (secondary N) is 1. The molecular weight excluding hydrogens is 293 g/mol. The van der Waals surface area contributed by atoms with Crippen LogP contribution in [-0.4, -0.2) is 13.4 Å². The number of rotatable bonds is 3. The number of nitrogens with two attached hydrogens (primary N) is 1. The summed E-state index contributed by atoms with van der Waals surface area (Å²) in [5.41, 5.74) is 5.47. The minimum atomic E-state index is -4.00. The van der Waals surface area contributed by atoms with E-state index >= 15 is 0 Å². The zero-order valence-electron chi connectivity index (χ0n) is 9.47. The van der Waals surface area contributed by atoms with Crippen LogP contribution in [0.2, 0.25) is 5.02 Å². The summed E-state index contributed by atoms with van der Waals surface area (Å²) < 4.78 is 39.3. The molecule has 1 heterocycles. The fraction of sp³-hybridized carbons (Fsp3) is 0. The first-order valence-electron chi connectivity index (χ1n) is 5.08. The van der Waals surface area contributed by atoms with Gasteiger partial charge in [-0.05, 0) is 30.3 Å². The molecule has 19 heavy (non-hydrogen) atoms. The molecule has 8 heteroatoms. The maximum atomic E-state index is 13.1. The zero-order chi connectivity index (χ0) is 14.0. The molecule has 0 unspecified atom stereocenters. The lowest BCUT2D eigenvalue weighted by atomic mass is 10.3. The summed E-state index contributed by atoms with van der Waals surface area (Å²) in [7, 11) is -4.00. The van der Waals surface area contributed by atoms with E-state index in [1.807, 2.05) is 0 Å². The molecule has 0 bridgehead atoms. The molecule has 2 rings (SSSR count). The Labute approximate surface area is 114 Å². The fourth-order valence-electron chi connectivity index (χ4n) is 1.37. The Morgan fingerprint density at radius 1 is 1.26 bits per heavy atom. The van der Waals surface area contributed by atoms with E-state index in [1.54, 1.807) is 0 Å². The number of benzene rings is 1. The van der Waals surface area contributed by atoms with Gasteiger partial charge in [-0.25, -0.2) is 17.8 Å². The predicted molar refractivity (Wildman–Crippen MR) is 70.9 cm³/mol. The van der Waals surface area contributed by atoms with Gasteiger partial charge in [-0.2, -0.15) is 0 Å². The number of aromatic nitrogens is 1. The Bertz CT molecular complexity index is 704. The van der Waals surface area contributed by atoms with Gasteiger partial charge in [0.25, 0.3) is 10.0 Å². The molecule has 0 aliphatic carbocycles. The lowest BCUT2D eigenvalue weighted by Gasteiger charge is -2.09. The van der Waals surface area contributed by atoms with Gasteiger partial charge in [-0.3, -0.25) is 4.72 Å². The van der Waals surface area contributed by atoms with Crippen LogP contribution in [0, 0.1) is 5.82 Å². The van der Waals surface area contributed by atoms with E-state index in [0.29, 0.717) is 5.02 Å². The fourth-order valence-corrected chi connectivity index (χ4v) is 2.63. The van der Waals surface area contributed by atoms with Gasteiger partial charge in [0.1, 0.15) is 16.5 Å². The van der Waals surface area contributed by atoms with Crippen molar-refractivity contribution in [3.63, 3.8) is 0 Å². The van der Waals surface area contributed by atoms with Crippen LogP contribution < -0.4 is 10.5 Å². The third-order valence-corrected chi connectivity index (χ3v) is 3.87. The summed E-state index contributed by atoms with van der Waals surface area (Å²) in [6.07, 6.45) is 1.29. The predicted octanol–water partition coefficient (Wildman–Crippen LogP) is 2.26. The van der Waals surface area contributed by atoms with Crippen LogP contribution in [0.1, 0.15) is 0 Å². The second kappa shape index (κ2) is 5.02. The van der Waals surface area contributed by atoms with E-state index in [-0.39, 0.29) is 16.4 Å². The molecule has 1 aromatic carbocycles. The molecule has 2 aromatic rings. The normalized spacial score (nSPS) is 11.3. The molecule has 0 amide bonds. The average molecular weight is 302 g/mol. The molecule has 0 aliphatic heterocycles. The van der Waals surface area contributed by atoms with Crippen molar-refractivity contribution in [3.05, 3.63) is 47.4 Å². The van der Waals surface area contributed by atoms with Gasteiger partial charge in [0, 0.05) is 6.20 Å². The minimum Gasteiger partial charge on any atom is -0.398 e. The Balaban J connectivity index is 2.37. The van der Waals surface area contributed by atoms with Crippen LogP contribution in [0.25, 0.3) is 0 Å². The van der Waals surface area contributed by atoms with E-state index in [9.17, 15) is 12.8 Å². The number of nitrogen functional groups attached to an aromatic ring is 1. The van der Waals surface area contributed by atoms with Crippen molar-refractivity contribution in [2.24, 2.45) is 0 Å². The highest BCUT2D eigenvalue weighted by molar-refractivity contribution is 7.92. The highest BCUT2D eigenvalue weighted by Gasteiger charge is 2.18. The van der Waals surface area contributed by atoms with Crippen LogP contribution >= 0.6 is 11.6 Å². The van der Waals surface area contributed by atoms with Crippen molar-refractivity contribution in [2.75, 3.05) is 10.5 Å². The topological polar surface area (TPSA) is 85.1 Å². The third kappa shape index (κ3) is 3.12. The van der Waals surface area contributed by atoms with Crippen molar-refractivity contribution in [1.82, 2.24) is 4.98 Å². The summed E-state index contributed by atoms with van der Waals surface area (Å²) in [5, 5.41) is 0.369. The van der Waals surface area contributed by atoms with Crippen LogP contribution in [0.3, 0.4) is 0 Å². The first-order chi connectivity index (χ1) is 8.88. The molecular formula is C11H9ClFN3O2S. The van der Waals surface area contributed by atoms with Crippen molar-refractivity contribution < 1.29 is 12.8 Å². The van der Waals surface area contributed by atoms with E-state index in [2.05, 4.69) is 9.71 Å². The lowest BCUT2D eigenvalue weighted by molar-refractivity contribution is 0.596. The van der Waals surface area contributed by atoms with Gasteiger partial charge in [0.05, 0.1) is 10.7 Å². The molecule has 100 valence electrons. The number of halogens is 2. The van der Waals surface area contributed by atoms with Crippen molar-refractivity contribution in [1.29, 1.82) is 0 Å². The van der Waals surface area contributed by atoms with Gasteiger partial charge < -0.3 is 5.73 Å². The standard InChI is InChI=1S/C11H9ClFN3O2S/c12-7-1-4-11(15-6-7)16-19(17,18)10-5-8(13)2-3-9(10)14/h1-6H,14H2,(H,15,16). The van der Waals surface area contributed by atoms with Gasteiger partial charge in [-0.15, -0.1) is 0 Å². The van der Waals surface area contributed by atoms with Crippen LogP contribution in [-0.2, 0) is 10.0 Å². The lowest BCUT2D eigenvalue weighted by Crippen LogP contribution is -2.15. The van der Waals surface area contributed by atoms with Gasteiger partial charge >= 0.3 is 0 Å². The first-order valence-corrected chi connectivity index (χ1v) is 6.94. The summed E-state index contributed by atoms with van der Waals surface area (Å²) in [4.78, 5) is 3.44. The van der Waals surface area contributed by atoms with Gasteiger partial charge in [-0.1, -0.05) is 11.6 Å². The molecule has 1 aromatic heterocycles. The van der Waals surface area contributed by atoms with Crippen molar-refractivity contribution in [2.45, 2.75) is 4.90 Å². The largest absolute Gasteiger partial charge is 0.398 e. The Hall–Kier alpha value is -1.86. The Kier molecular flexibility index (Phi) is 3.59. The van der Waals surface area contributed by atoms with Crippen LogP contribution in [0.5, 0.6) is 0 Å². The van der Waals surface area contributed by atoms with Gasteiger partial charge in [0.15, 0.2) is 0 Å². The number of pyridine rings is 1. The highest BCUT2D eigenvalue weighted by Crippen LogP contribution is 2.22. The number of hydrogen-bond acceptors (Lipinski definition) is 4. The Morgan fingerprint density at radius 3 is 2.63 bits per heavy atom. The molecule has 0 aliphatic rings. The SMILES string of the molecule is Nc1ccc(F)cc1S(=O)(=O)Nc1ccc(Cl)cn1. The molecule has 5 nitrogen and oxygen atoms in total. The van der Waals surface area contributed by atoms with E-state index < -0.39 is 15.8 Å². The molecule has 0 atom stereocenters. The van der Waals surface area contributed by atoms with E-state index in [4.69, 9.17) is 17.3 Å². The molecule has 0 saturated carbocycles. The van der Waals surface area contributed by atoms with Gasteiger partial charge in [0.2, 0.25) is 0 Å². The van der Waals surface area contributed by atoms with E-state index in [0.717, 1.165) is 12.1 Å².